The van der Waals surface area contributed by atoms with Gasteiger partial charge >= 0.3 is 5.91 Å². The minimum atomic E-state index is -0.921. The van der Waals surface area contributed by atoms with Gasteiger partial charge in [0.15, 0.2) is 0 Å². The van der Waals surface area contributed by atoms with Crippen molar-refractivity contribution in [3.05, 3.63) is 79.3 Å². The molecule has 2 aliphatic rings. The SMILES string of the molecule is [N-]=[N+]=NCOCCN1C2=C(C=CC(N(N)c3cccc(C(=O)N=O)c3)N2)NC(=O)C1CN=[N+]=[N-]. The molecule has 0 spiro atoms. The van der Waals surface area contributed by atoms with E-state index < -0.39 is 18.1 Å². The van der Waals surface area contributed by atoms with Crippen LogP contribution in [0.15, 0.2) is 63.3 Å². The summed E-state index contributed by atoms with van der Waals surface area (Å²) >= 11 is 0. The number of hydrogen-bond donors (Lipinski definition) is 3. The van der Waals surface area contributed by atoms with Crippen LogP contribution < -0.4 is 21.5 Å². The molecule has 3 rings (SSSR count). The summed E-state index contributed by atoms with van der Waals surface area (Å²) in [5.41, 5.74) is 18.1. The van der Waals surface area contributed by atoms with Gasteiger partial charge in [0.05, 0.1) is 24.5 Å². The number of nitroso groups, excluding NO2 is 1. The van der Waals surface area contributed by atoms with Gasteiger partial charge in [0.25, 0.3) is 0 Å². The highest BCUT2D eigenvalue weighted by atomic mass is 16.5. The number of hydrogen-bond acceptors (Lipinski definition) is 10. The average molecular weight is 468 g/mol. The molecular weight excluding hydrogens is 448 g/mol. The molecule has 176 valence electrons. The lowest BCUT2D eigenvalue weighted by Crippen LogP contribution is -2.60. The van der Waals surface area contributed by atoms with E-state index in [0.717, 1.165) is 0 Å². The number of nitrogens with zero attached hydrogens (tertiary/aromatic N) is 9. The quantitative estimate of drug-likeness (QED) is 0.0860. The highest BCUT2D eigenvalue weighted by Crippen LogP contribution is 2.24. The summed E-state index contributed by atoms with van der Waals surface area (Å²) in [7, 11) is 0. The van der Waals surface area contributed by atoms with Crippen LogP contribution >= 0.6 is 0 Å². The van der Waals surface area contributed by atoms with E-state index in [4.69, 9.17) is 21.6 Å². The Morgan fingerprint density at radius 2 is 2.09 bits per heavy atom. The van der Waals surface area contributed by atoms with E-state index in [1.54, 1.807) is 29.2 Å². The molecule has 4 N–H and O–H groups in total. The predicted octanol–water partition coefficient (Wildman–Crippen LogP) is 1.32. The van der Waals surface area contributed by atoms with Gasteiger partial charge < -0.3 is 20.3 Å². The summed E-state index contributed by atoms with van der Waals surface area (Å²) in [6.07, 6.45) is 2.73. The maximum Gasteiger partial charge on any atom is 0.316 e. The van der Waals surface area contributed by atoms with E-state index in [9.17, 15) is 14.5 Å². The first-order valence-electron chi connectivity index (χ1n) is 9.87. The number of rotatable bonds is 10. The minimum Gasteiger partial charge on any atom is -0.374 e. The lowest BCUT2D eigenvalue weighted by atomic mass is 10.1. The second-order valence-electron chi connectivity index (χ2n) is 6.94. The van der Waals surface area contributed by atoms with Gasteiger partial charge in [0.2, 0.25) is 5.91 Å². The highest BCUT2D eigenvalue weighted by Gasteiger charge is 2.36. The van der Waals surface area contributed by atoms with E-state index in [2.05, 4.69) is 35.9 Å². The number of nitrogens with one attached hydrogen (secondary N) is 2. The third-order valence-corrected chi connectivity index (χ3v) is 4.99. The molecule has 1 aromatic rings. The maximum absolute atomic E-state index is 12.6. The van der Waals surface area contributed by atoms with Gasteiger partial charge in [-0.05, 0) is 41.4 Å². The van der Waals surface area contributed by atoms with Crippen molar-refractivity contribution in [2.24, 2.45) is 21.2 Å². The zero-order valence-electron chi connectivity index (χ0n) is 17.7. The van der Waals surface area contributed by atoms with Gasteiger partial charge in [0.1, 0.15) is 24.8 Å². The standard InChI is InChI=1S/C18H20N12O4/c19-27-22-9-14-18(32)24-13-4-5-15(25-16(13)29(14)6-7-34-10-23-28-20)30(21)12-3-1-2-11(8-12)17(31)26-33/h1-5,8,14-15,25H,6-7,9-10,21H2,(H,24,32). The number of allylic oxidation sites excluding steroid dienone is 1. The molecule has 16 nitrogen and oxygen atoms in total. The van der Waals surface area contributed by atoms with Crippen molar-refractivity contribution in [2.45, 2.75) is 12.2 Å². The van der Waals surface area contributed by atoms with Gasteiger partial charge in [-0.2, -0.15) is 0 Å². The molecule has 2 atom stereocenters. The van der Waals surface area contributed by atoms with Crippen molar-refractivity contribution in [1.29, 1.82) is 0 Å². The summed E-state index contributed by atoms with van der Waals surface area (Å²) in [6, 6.07) is 5.26. The number of carbonyl (C=O) groups is 2. The zero-order valence-corrected chi connectivity index (χ0v) is 17.7. The molecule has 34 heavy (non-hydrogen) atoms. The lowest BCUT2D eigenvalue weighted by molar-refractivity contribution is -0.126. The third-order valence-electron chi connectivity index (χ3n) is 4.99. The topological polar surface area (TPSA) is 227 Å². The lowest BCUT2D eigenvalue weighted by Gasteiger charge is -2.43. The molecule has 0 fully saturated rings. The normalized spacial score (nSPS) is 18.6. The van der Waals surface area contributed by atoms with E-state index in [0.29, 0.717) is 17.2 Å². The predicted molar refractivity (Wildman–Crippen MR) is 119 cm³/mol. The average Bonchev–Trinajstić information content (AvgIpc) is 2.86. The molecule has 0 aliphatic carbocycles. The van der Waals surface area contributed by atoms with Crippen molar-refractivity contribution in [1.82, 2.24) is 15.5 Å². The van der Waals surface area contributed by atoms with Crippen LogP contribution in [0, 0.1) is 4.91 Å². The number of azide groups is 2. The van der Waals surface area contributed by atoms with Gasteiger partial charge in [-0.1, -0.05) is 16.3 Å². The Kier molecular flexibility index (Phi) is 7.99. The molecule has 2 unspecified atom stereocenters. The molecule has 2 aliphatic heterocycles. The second kappa shape index (κ2) is 11.3. The number of ether oxygens (including phenoxy) is 1. The molecule has 16 heteroatoms. The Morgan fingerprint density at radius 3 is 2.82 bits per heavy atom. The van der Waals surface area contributed by atoms with Gasteiger partial charge in [-0.25, -0.2) is 5.84 Å². The van der Waals surface area contributed by atoms with Gasteiger partial charge in [-0.3, -0.25) is 14.6 Å². The fourth-order valence-corrected chi connectivity index (χ4v) is 3.42. The van der Waals surface area contributed by atoms with Gasteiger partial charge in [0, 0.05) is 27.1 Å². The molecule has 0 bridgehead atoms. The smallest absolute Gasteiger partial charge is 0.316 e. The number of nitrogens with two attached hydrogens (primary N) is 1. The fraction of sp³-hybridized carbons (Fsp3) is 0.333. The van der Waals surface area contributed by atoms with Crippen LogP contribution in [0.25, 0.3) is 20.9 Å². The molecule has 0 aromatic heterocycles. The summed E-state index contributed by atoms with van der Waals surface area (Å²) in [5, 5.41) is 16.5. The van der Waals surface area contributed by atoms with Crippen molar-refractivity contribution in [2.75, 3.05) is 31.4 Å². The van der Waals surface area contributed by atoms with E-state index in [1.165, 1.54) is 17.1 Å². The van der Waals surface area contributed by atoms with Crippen molar-refractivity contribution in [3.8, 4) is 0 Å². The Hall–Kier alpha value is -4.62. The summed E-state index contributed by atoms with van der Waals surface area (Å²) in [5.74, 6) is 5.48. The summed E-state index contributed by atoms with van der Waals surface area (Å²) in [6.45, 7) is -0.00551. The van der Waals surface area contributed by atoms with E-state index >= 15 is 0 Å². The van der Waals surface area contributed by atoms with Crippen molar-refractivity contribution in [3.63, 3.8) is 0 Å². The van der Waals surface area contributed by atoms with Crippen LogP contribution in [0.5, 0.6) is 0 Å². The number of carbonyl (C=O) groups excluding carboxylic acids is 2. The first kappa shape index (κ1) is 24.0. The van der Waals surface area contributed by atoms with Gasteiger partial charge in [-0.15, -0.1) is 4.91 Å². The summed E-state index contributed by atoms with van der Waals surface area (Å²) in [4.78, 5) is 41.8. The van der Waals surface area contributed by atoms with Crippen LogP contribution in [-0.4, -0.2) is 55.3 Å². The molecule has 0 saturated heterocycles. The summed E-state index contributed by atoms with van der Waals surface area (Å²) < 4.78 is 5.27. The first-order valence-corrected chi connectivity index (χ1v) is 9.87. The zero-order chi connectivity index (χ0) is 24.5. The molecule has 0 radical (unpaired) electrons. The third kappa shape index (κ3) is 5.40. The van der Waals surface area contributed by atoms with Crippen LogP contribution in [0.4, 0.5) is 5.69 Å². The minimum absolute atomic E-state index is 0.0841. The molecule has 2 amide bonds. The number of hydrazine groups is 1. The van der Waals surface area contributed by atoms with Crippen molar-refractivity contribution < 1.29 is 14.3 Å². The Bertz CT molecular complexity index is 1120. The van der Waals surface area contributed by atoms with E-state index in [-0.39, 0.29) is 37.9 Å². The van der Waals surface area contributed by atoms with E-state index in [1.807, 2.05) is 0 Å². The number of amides is 2. The fourth-order valence-electron chi connectivity index (χ4n) is 3.42. The second-order valence-corrected chi connectivity index (χ2v) is 6.94. The highest BCUT2D eigenvalue weighted by molar-refractivity contribution is 5.95. The van der Waals surface area contributed by atoms with Crippen LogP contribution in [-0.2, 0) is 9.53 Å². The molecule has 0 saturated carbocycles. The van der Waals surface area contributed by atoms with Crippen LogP contribution in [0.2, 0.25) is 0 Å². The first-order chi connectivity index (χ1) is 16.5. The maximum atomic E-state index is 12.6. The Labute approximate surface area is 192 Å². The largest absolute Gasteiger partial charge is 0.374 e. The number of dihydropyridines is 1. The Balaban J connectivity index is 1.83. The van der Waals surface area contributed by atoms with Crippen LogP contribution in [0.3, 0.4) is 0 Å². The Morgan fingerprint density at radius 1 is 1.29 bits per heavy atom. The molecule has 2 heterocycles. The molecule has 1 aromatic carbocycles. The monoisotopic (exact) mass is 468 g/mol. The van der Waals surface area contributed by atoms with Crippen LogP contribution in [0.1, 0.15) is 10.4 Å². The molecular formula is C18H20N12O4. The van der Waals surface area contributed by atoms with Crippen molar-refractivity contribution >= 4 is 17.5 Å². The number of benzene rings is 1. The number of anilines is 1.